The first kappa shape index (κ1) is 18.8. The molecule has 1 amide bonds. The van der Waals surface area contributed by atoms with Crippen LogP contribution in [-0.4, -0.2) is 53.0 Å². The number of carbonyl (C=O) groups excluding carboxylic acids is 1. The van der Waals surface area contributed by atoms with Gasteiger partial charge in [0.2, 0.25) is 5.91 Å². The summed E-state index contributed by atoms with van der Waals surface area (Å²) < 4.78 is 5.73. The van der Waals surface area contributed by atoms with Crippen molar-refractivity contribution in [1.29, 1.82) is 0 Å². The van der Waals surface area contributed by atoms with Gasteiger partial charge in [-0.05, 0) is 38.1 Å². The number of aryl methyl sites for hydroxylation is 1. The Morgan fingerprint density at radius 1 is 1.39 bits per heavy atom. The molecule has 4 rings (SSSR count). The van der Waals surface area contributed by atoms with E-state index >= 15 is 0 Å². The predicted molar refractivity (Wildman–Crippen MR) is 110 cm³/mol. The van der Waals surface area contributed by atoms with Crippen molar-refractivity contribution in [1.82, 2.24) is 20.2 Å². The molecule has 0 aliphatic carbocycles. The summed E-state index contributed by atoms with van der Waals surface area (Å²) in [6, 6.07) is 7.88. The lowest BCUT2D eigenvalue weighted by Crippen LogP contribution is -2.51. The number of aromatic nitrogens is 2. The second-order valence-corrected chi connectivity index (χ2v) is 7.91. The number of nitrogens with one attached hydrogen (secondary N) is 2. The summed E-state index contributed by atoms with van der Waals surface area (Å²) in [6.07, 6.45) is 1.75. The van der Waals surface area contributed by atoms with Crippen molar-refractivity contribution in [2.75, 3.05) is 31.5 Å². The smallest absolute Gasteiger partial charge is 0.238 e. The normalized spacial score (nSPS) is 17.6. The summed E-state index contributed by atoms with van der Waals surface area (Å²) in [7, 11) is 0. The molecule has 1 aliphatic rings. The number of anilines is 1. The van der Waals surface area contributed by atoms with Crippen LogP contribution in [0.25, 0.3) is 22.2 Å². The average Bonchev–Trinajstić information content (AvgIpc) is 3.33. The summed E-state index contributed by atoms with van der Waals surface area (Å²) in [6.45, 7) is 7.03. The minimum Gasteiger partial charge on any atom is -0.460 e. The molecule has 0 bridgehead atoms. The second kappa shape index (κ2) is 8.22. The Balaban J connectivity index is 1.57. The highest BCUT2D eigenvalue weighted by molar-refractivity contribution is 7.13. The largest absolute Gasteiger partial charge is 0.460 e. The van der Waals surface area contributed by atoms with E-state index in [0.29, 0.717) is 35.4 Å². The Hall–Kier alpha value is -2.55. The molecule has 1 saturated heterocycles. The number of thiazole rings is 1. The van der Waals surface area contributed by atoms with E-state index in [4.69, 9.17) is 4.42 Å². The zero-order valence-electron chi connectivity index (χ0n) is 15.9. The second-order valence-electron chi connectivity index (χ2n) is 7.01. The van der Waals surface area contributed by atoms with Gasteiger partial charge in [-0.15, -0.1) is 11.3 Å². The predicted octanol–water partition coefficient (Wildman–Crippen LogP) is 3.01. The fourth-order valence-corrected chi connectivity index (χ4v) is 3.92. The third-order valence-corrected chi connectivity index (χ3v) is 5.37. The van der Waals surface area contributed by atoms with Crippen LogP contribution in [0.2, 0.25) is 0 Å². The molecule has 146 valence electrons. The van der Waals surface area contributed by atoms with Gasteiger partial charge in [0.25, 0.3) is 0 Å². The maximum Gasteiger partial charge on any atom is 0.238 e. The Kier molecular flexibility index (Phi) is 5.52. The monoisotopic (exact) mass is 397 g/mol. The first-order valence-electron chi connectivity index (χ1n) is 9.31. The lowest BCUT2D eigenvalue weighted by atomic mass is 10.2. The van der Waals surface area contributed by atoms with Crippen molar-refractivity contribution in [3.05, 3.63) is 41.6 Å². The molecule has 7 nitrogen and oxygen atoms in total. The fraction of sp³-hybridized carbons (Fsp3) is 0.350. The van der Waals surface area contributed by atoms with E-state index < -0.39 is 0 Å². The number of furan rings is 1. The molecule has 8 heteroatoms. The van der Waals surface area contributed by atoms with Crippen LogP contribution in [0, 0.1) is 6.92 Å². The zero-order chi connectivity index (χ0) is 19.5. The quantitative estimate of drug-likeness (QED) is 0.689. The van der Waals surface area contributed by atoms with Gasteiger partial charge in [0.15, 0.2) is 5.76 Å². The number of carbonyl (C=O) groups is 1. The van der Waals surface area contributed by atoms with E-state index in [1.165, 1.54) is 11.3 Å². The van der Waals surface area contributed by atoms with E-state index in [-0.39, 0.29) is 5.91 Å². The molecular weight excluding hydrogens is 374 g/mol. The topological polar surface area (TPSA) is 83.3 Å². The number of hydrogen-bond acceptors (Lipinski definition) is 7. The molecule has 0 aromatic carbocycles. The molecule has 3 aromatic rings. The van der Waals surface area contributed by atoms with Gasteiger partial charge in [0, 0.05) is 42.9 Å². The first-order chi connectivity index (χ1) is 13.6. The van der Waals surface area contributed by atoms with Crippen LogP contribution in [0.3, 0.4) is 0 Å². The van der Waals surface area contributed by atoms with Crippen molar-refractivity contribution in [2.24, 2.45) is 0 Å². The molecule has 28 heavy (non-hydrogen) atoms. The molecule has 0 radical (unpaired) electrons. The van der Waals surface area contributed by atoms with Crippen LogP contribution >= 0.6 is 11.3 Å². The molecule has 1 fully saturated rings. The number of nitrogens with zero attached hydrogens (tertiary/aromatic N) is 3. The number of amides is 1. The van der Waals surface area contributed by atoms with Crippen LogP contribution in [0.15, 0.2) is 40.3 Å². The van der Waals surface area contributed by atoms with Gasteiger partial charge in [-0.25, -0.2) is 9.97 Å². The lowest BCUT2D eigenvalue weighted by molar-refractivity contribution is -0.117. The zero-order valence-corrected chi connectivity index (χ0v) is 16.8. The van der Waals surface area contributed by atoms with Crippen LogP contribution in [0.1, 0.15) is 12.7 Å². The van der Waals surface area contributed by atoms with E-state index in [2.05, 4.69) is 32.4 Å². The van der Waals surface area contributed by atoms with Gasteiger partial charge in [-0.2, -0.15) is 0 Å². The van der Waals surface area contributed by atoms with Crippen LogP contribution in [0.4, 0.5) is 5.69 Å². The van der Waals surface area contributed by atoms with E-state index in [9.17, 15) is 4.79 Å². The fourth-order valence-electron chi connectivity index (χ4n) is 3.32. The van der Waals surface area contributed by atoms with Gasteiger partial charge in [-0.1, -0.05) is 0 Å². The average molecular weight is 398 g/mol. The van der Waals surface area contributed by atoms with E-state index in [0.717, 1.165) is 30.4 Å². The van der Waals surface area contributed by atoms with Crippen molar-refractivity contribution in [3.63, 3.8) is 0 Å². The molecule has 0 saturated carbocycles. The van der Waals surface area contributed by atoms with Gasteiger partial charge in [0.05, 0.1) is 6.54 Å². The Labute approximate surface area is 167 Å². The Bertz CT molecular complexity index is 953. The van der Waals surface area contributed by atoms with Crippen LogP contribution in [0.5, 0.6) is 0 Å². The number of pyridine rings is 1. The van der Waals surface area contributed by atoms with E-state index in [1.807, 2.05) is 36.6 Å². The maximum absolute atomic E-state index is 12.6. The van der Waals surface area contributed by atoms with Crippen molar-refractivity contribution >= 4 is 22.9 Å². The molecule has 2 N–H and O–H groups in total. The Morgan fingerprint density at radius 2 is 2.25 bits per heavy atom. The van der Waals surface area contributed by atoms with Crippen LogP contribution in [-0.2, 0) is 4.79 Å². The molecule has 1 aliphatic heterocycles. The molecule has 0 spiro atoms. The standard InChI is InChI=1S/C20H23N5O2S/c1-13-11-25(7-5-21-13)12-19(26)23-15-9-16(18-4-3-14(2)27-18)24-17(10-15)20-22-6-8-28-20/h3-4,6,8-10,13,21H,5,7,11-12H2,1-2H3,(H,23,24,26). The third-order valence-electron chi connectivity index (χ3n) is 4.57. The highest BCUT2D eigenvalue weighted by Gasteiger charge is 2.19. The van der Waals surface area contributed by atoms with Gasteiger partial charge in [0.1, 0.15) is 22.2 Å². The summed E-state index contributed by atoms with van der Waals surface area (Å²) in [5.74, 6) is 1.45. The lowest BCUT2D eigenvalue weighted by Gasteiger charge is -2.31. The summed E-state index contributed by atoms with van der Waals surface area (Å²) in [5.41, 5.74) is 2.08. The minimum absolute atomic E-state index is 0.0352. The van der Waals surface area contributed by atoms with Gasteiger partial charge >= 0.3 is 0 Å². The van der Waals surface area contributed by atoms with Crippen molar-refractivity contribution in [2.45, 2.75) is 19.9 Å². The van der Waals surface area contributed by atoms with Crippen LogP contribution < -0.4 is 10.6 Å². The maximum atomic E-state index is 12.6. The Morgan fingerprint density at radius 3 is 2.96 bits per heavy atom. The summed E-state index contributed by atoms with van der Waals surface area (Å²) in [5, 5.41) is 9.11. The molecule has 3 aromatic heterocycles. The van der Waals surface area contributed by atoms with E-state index in [1.54, 1.807) is 6.20 Å². The molecule has 4 heterocycles. The number of hydrogen-bond donors (Lipinski definition) is 2. The van der Waals surface area contributed by atoms with Crippen molar-refractivity contribution in [3.8, 4) is 22.2 Å². The molecule has 1 atom stereocenters. The number of rotatable bonds is 5. The highest BCUT2D eigenvalue weighted by Crippen LogP contribution is 2.29. The van der Waals surface area contributed by atoms with Gasteiger partial charge < -0.3 is 15.1 Å². The summed E-state index contributed by atoms with van der Waals surface area (Å²) in [4.78, 5) is 23.8. The van der Waals surface area contributed by atoms with Gasteiger partial charge in [-0.3, -0.25) is 9.69 Å². The molecule has 1 unspecified atom stereocenters. The minimum atomic E-state index is -0.0352. The summed E-state index contributed by atoms with van der Waals surface area (Å²) >= 11 is 1.51. The first-order valence-corrected chi connectivity index (χ1v) is 10.2. The highest BCUT2D eigenvalue weighted by atomic mass is 32.1. The molecular formula is C20H23N5O2S. The van der Waals surface area contributed by atoms with Crippen molar-refractivity contribution < 1.29 is 9.21 Å². The third kappa shape index (κ3) is 4.46. The SMILES string of the molecule is Cc1ccc(-c2cc(NC(=O)CN3CCNC(C)C3)cc(-c3nccs3)n2)o1. The number of piperazine rings is 1.